The highest BCUT2D eigenvalue weighted by Gasteiger charge is 2.36. The van der Waals surface area contributed by atoms with E-state index in [-0.39, 0.29) is 18.3 Å². The van der Waals surface area contributed by atoms with E-state index in [2.05, 4.69) is 43.5 Å². The van der Waals surface area contributed by atoms with Gasteiger partial charge in [-0.15, -0.1) is 12.4 Å². The van der Waals surface area contributed by atoms with Crippen LogP contribution in [0.1, 0.15) is 45.6 Å². The van der Waals surface area contributed by atoms with Gasteiger partial charge >= 0.3 is 0 Å². The maximum atomic E-state index is 12.6. The Kier molecular flexibility index (Phi) is 10.1. The summed E-state index contributed by atoms with van der Waals surface area (Å²) in [6.07, 6.45) is 2.76. The summed E-state index contributed by atoms with van der Waals surface area (Å²) in [7, 11) is 0. The maximum Gasteiger partial charge on any atom is 0.230 e. The average Bonchev–Trinajstić information content (AvgIpc) is 2.50. The Morgan fingerprint density at radius 1 is 1.00 bits per heavy atom. The van der Waals surface area contributed by atoms with Gasteiger partial charge in [0.15, 0.2) is 0 Å². The van der Waals surface area contributed by atoms with Gasteiger partial charge in [-0.05, 0) is 31.4 Å². The van der Waals surface area contributed by atoms with Gasteiger partial charge < -0.3 is 10.6 Å². The quantitative estimate of drug-likeness (QED) is 0.687. The molecule has 21 heavy (non-hydrogen) atoms. The Morgan fingerprint density at radius 2 is 1.62 bits per heavy atom. The summed E-state index contributed by atoms with van der Waals surface area (Å²) in [5.41, 5.74) is 0.718. The molecule has 3 nitrogen and oxygen atoms in total. The predicted molar refractivity (Wildman–Crippen MR) is 92.1 cm³/mol. The monoisotopic (exact) mass is 312 g/mol. The van der Waals surface area contributed by atoms with E-state index in [0.29, 0.717) is 6.54 Å². The van der Waals surface area contributed by atoms with Crippen molar-refractivity contribution in [2.75, 3.05) is 19.6 Å². The lowest BCUT2D eigenvalue weighted by atomic mass is 9.75. The highest BCUT2D eigenvalue weighted by Crippen LogP contribution is 2.31. The van der Waals surface area contributed by atoms with Crippen LogP contribution in [0.3, 0.4) is 0 Å². The van der Waals surface area contributed by atoms with Gasteiger partial charge in [-0.25, -0.2) is 0 Å². The van der Waals surface area contributed by atoms with Crippen LogP contribution in [-0.4, -0.2) is 25.5 Å². The molecule has 0 saturated carbocycles. The first-order chi connectivity index (χ1) is 9.71. The van der Waals surface area contributed by atoms with Crippen molar-refractivity contribution < 1.29 is 4.79 Å². The van der Waals surface area contributed by atoms with Crippen molar-refractivity contribution in [2.45, 2.75) is 45.4 Å². The molecule has 0 aliphatic rings. The maximum absolute atomic E-state index is 12.6. The Bertz CT molecular complexity index is 391. The molecular weight excluding hydrogens is 284 g/mol. The van der Waals surface area contributed by atoms with Gasteiger partial charge in [-0.1, -0.05) is 51.1 Å². The van der Waals surface area contributed by atoms with Gasteiger partial charge in [0, 0.05) is 13.1 Å². The molecule has 0 spiro atoms. The largest absolute Gasteiger partial charge is 0.354 e. The molecule has 0 radical (unpaired) electrons. The third-order valence-corrected chi connectivity index (χ3v) is 3.98. The molecule has 0 saturated heterocycles. The second-order valence-electron chi connectivity index (χ2n) is 5.16. The van der Waals surface area contributed by atoms with Crippen LogP contribution < -0.4 is 10.6 Å². The molecule has 1 amide bonds. The van der Waals surface area contributed by atoms with Crippen molar-refractivity contribution in [3.63, 3.8) is 0 Å². The summed E-state index contributed by atoms with van der Waals surface area (Å²) in [5, 5.41) is 6.38. The zero-order valence-corrected chi connectivity index (χ0v) is 14.3. The van der Waals surface area contributed by atoms with Crippen LogP contribution in [0.5, 0.6) is 0 Å². The molecule has 0 fully saturated rings. The summed E-state index contributed by atoms with van der Waals surface area (Å²) in [5.74, 6) is 0.145. The number of amides is 1. The highest BCUT2D eigenvalue weighted by molar-refractivity contribution is 5.88. The van der Waals surface area contributed by atoms with E-state index >= 15 is 0 Å². The van der Waals surface area contributed by atoms with E-state index in [1.807, 2.05) is 18.2 Å². The first-order valence-corrected chi connectivity index (χ1v) is 7.75. The summed E-state index contributed by atoms with van der Waals surface area (Å²) in [6, 6.07) is 10.1. The van der Waals surface area contributed by atoms with Gasteiger partial charge in [0.05, 0.1) is 5.41 Å². The van der Waals surface area contributed by atoms with E-state index in [1.54, 1.807) is 0 Å². The molecular formula is C17H29ClN2O. The Labute approximate surface area is 135 Å². The summed E-state index contributed by atoms with van der Waals surface area (Å²) in [6.45, 7) is 8.84. The predicted octanol–water partition coefficient (Wildman–Crippen LogP) is 3.28. The Balaban J connectivity index is 0.00000400. The first kappa shape index (κ1) is 19.9. The standard InChI is InChI=1S/C17H28N2O.ClH/c1-4-12-18-13-14-19-16(20)17(5-2,6-3)15-10-8-7-9-11-15;/h7-11,18H,4-6,12-14H2,1-3H3,(H,19,20);1H. The second kappa shape index (κ2) is 10.6. The van der Waals surface area contributed by atoms with Gasteiger partial charge in [-0.2, -0.15) is 0 Å². The molecule has 1 aromatic rings. The van der Waals surface area contributed by atoms with Crippen molar-refractivity contribution >= 4 is 18.3 Å². The molecule has 0 aliphatic heterocycles. The lowest BCUT2D eigenvalue weighted by molar-refractivity contribution is -0.127. The molecule has 0 unspecified atom stereocenters. The molecule has 1 aromatic carbocycles. The fraction of sp³-hybridized carbons (Fsp3) is 0.588. The Morgan fingerprint density at radius 3 is 2.14 bits per heavy atom. The van der Waals surface area contributed by atoms with E-state index in [9.17, 15) is 4.79 Å². The minimum absolute atomic E-state index is 0. The Hall–Kier alpha value is -1.06. The molecule has 0 heterocycles. The fourth-order valence-corrected chi connectivity index (χ4v) is 2.60. The van der Waals surface area contributed by atoms with Crippen LogP contribution in [0.2, 0.25) is 0 Å². The number of rotatable bonds is 9. The SMILES string of the molecule is CCCNCCNC(=O)C(CC)(CC)c1ccccc1.Cl. The van der Waals surface area contributed by atoms with Gasteiger partial charge in [0.25, 0.3) is 0 Å². The molecule has 0 aliphatic carbocycles. The molecule has 2 N–H and O–H groups in total. The fourth-order valence-electron chi connectivity index (χ4n) is 2.60. The van der Waals surface area contributed by atoms with Crippen molar-refractivity contribution in [3.05, 3.63) is 35.9 Å². The van der Waals surface area contributed by atoms with Gasteiger partial charge in [0.1, 0.15) is 0 Å². The molecule has 4 heteroatoms. The number of benzene rings is 1. The zero-order chi connectivity index (χ0) is 14.8. The molecule has 1 rings (SSSR count). The minimum atomic E-state index is -0.397. The zero-order valence-electron chi connectivity index (χ0n) is 13.4. The van der Waals surface area contributed by atoms with Gasteiger partial charge in [0.2, 0.25) is 5.91 Å². The second-order valence-corrected chi connectivity index (χ2v) is 5.16. The molecule has 0 atom stereocenters. The van der Waals surface area contributed by atoms with E-state index in [4.69, 9.17) is 0 Å². The highest BCUT2D eigenvalue weighted by atomic mass is 35.5. The van der Waals surface area contributed by atoms with Crippen LogP contribution in [0, 0.1) is 0 Å². The topological polar surface area (TPSA) is 41.1 Å². The number of nitrogens with one attached hydrogen (secondary N) is 2. The van der Waals surface area contributed by atoms with Crippen LogP contribution in [-0.2, 0) is 10.2 Å². The first-order valence-electron chi connectivity index (χ1n) is 7.75. The average molecular weight is 313 g/mol. The number of hydrogen-bond acceptors (Lipinski definition) is 2. The molecule has 120 valence electrons. The lowest BCUT2D eigenvalue weighted by Gasteiger charge is -2.31. The van der Waals surface area contributed by atoms with Crippen LogP contribution >= 0.6 is 12.4 Å². The van der Waals surface area contributed by atoms with E-state index < -0.39 is 5.41 Å². The van der Waals surface area contributed by atoms with Crippen molar-refractivity contribution in [1.29, 1.82) is 0 Å². The van der Waals surface area contributed by atoms with Crippen LogP contribution in [0.4, 0.5) is 0 Å². The van der Waals surface area contributed by atoms with Gasteiger partial charge in [-0.3, -0.25) is 4.79 Å². The molecule has 0 aromatic heterocycles. The van der Waals surface area contributed by atoms with Crippen molar-refractivity contribution in [1.82, 2.24) is 10.6 Å². The minimum Gasteiger partial charge on any atom is -0.354 e. The van der Waals surface area contributed by atoms with Crippen molar-refractivity contribution in [3.8, 4) is 0 Å². The van der Waals surface area contributed by atoms with Crippen LogP contribution in [0.25, 0.3) is 0 Å². The number of halogens is 1. The van der Waals surface area contributed by atoms with Crippen LogP contribution in [0.15, 0.2) is 30.3 Å². The van der Waals surface area contributed by atoms with E-state index in [1.165, 1.54) is 0 Å². The number of hydrogen-bond donors (Lipinski definition) is 2. The third-order valence-electron chi connectivity index (χ3n) is 3.98. The normalized spacial score (nSPS) is 10.8. The number of carbonyl (C=O) groups excluding carboxylic acids is 1. The smallest absolute Gasteiger partial charge is 0.230 e. The summed E-state index contributed by atoms with van der Waals surface area (Å²) in [4.78, 5) is 12.6. The lowest BCUT2D eigenvalue weighted by Crippen LogP contribution is -2.45. The van der Waals surface area contributed by atoms with Crippen molar-refractivity contribution in [2.24, 2.45) is 0 Å². The van der Waals surface area contributed by atoms with E-state index in [0.717, 1.165) is 37.9 Å². The summed E-state index contributed by atoms with van der Waals surface area (Å²) < 4.78 is 0. The number of carbonyl (C=O) groups is 1. The molecule has 0 bridgehead atoms. The third kappa shape index (κ3) is 5.33. The summed E-state index contributed by atoms with van der Waals surface area (Å²) >= 11 is 0.